The number of nitrogens with one attached hydrogen (secondary N) is 1. The molecular formula is C32H39N3O4S. The zero-order valence-electron chi connectivity index (χ0n) is 23.5. The fourth-order valence-corrected chi connectivity index (χ4v) is 6.55. The first-order valence-corrected chi connectivity index (χ1v) is 15.4. The minimum atomic E-state index is -4.06. The molecule has 8 heteroatoms. The number of sulfonamides is 1. The molecule has 1 saturated carbocycles. The van der Waals surface area contributed by atoms with Crippen LogP contribution in [0, 0.1) is 13.8 Å². The van der Waals surface area contributed by atoms with Gasteiger partial charge in [-0.25, -0.2) is 8.42 Å². The van der Waals surface area contributed by atoms with Crippen molar-refractivity contribution in [3.8, 4) is 0 Å². The highest BCUT2D eigenvalue weighted by Gasteiger charge is 2.33. The van der Waals surface area contributed by atoms with E-state index in [1.54, 1.807) is 37.3 Å². The number of benzene rings is 3. The van der Waals surface area contributed by atoms with E-state index in [2.05, 4.69) is 5.32 Å². The van der Waals surface area contributed by atoms with E-state index in [1.807, 2.05) is 50.2 Å². The summed E-state index contributed by atoms with van der Waals surface area (Å²) in [7, 11) is -4.06. The van der Waals surface area contributed by atoms with E-state index in [0.717, 1.165) is 46.7 Å². The third-order valence-electron chi connectivity index (χ3n) is 7.49. The van der Waals surface area contributed by atoms with Crippen molar-refractivity contribution in [3.63, 3.8) is 0 Å². The van der Waals surface area contributed by atoms with E-state index < -0.39 is 28.5 Å². The summed E-state index contributed by atoms with van der Waals surface area (Å²) in [6.45, 7) is 5.36. The summed E-state index contributed by atoms with van der Waals surface area (Å²) in [4.78, 5) is 29.0. The van der Waals surface area contributed by atoms with Crippen LogP contribution in [0.3, 0.4) is 0 Å². The summed E-state index contributed by atoms with van der Waals surface area (Å²) in [6.07, 6.45) is 5.19. The number of nitrogens with zero attached hydrogens (tertiary/aromatic N) is 2. The molecule has 0 radical (unpaired) electrons. The van der Waals surface area contributed by atoms with Crippen molar-refractivity contribution in [2.45, 2.75) is 76.4 Å². The normalized spacial score (nSPS) is 14.8. The van der Waals surface area contributed by atoms with Gasteiger partial charge in [-0.2, -0.15) is 0 Å². The molecule has 1 aliphatic carbocycles. The average molecular weight is 562 g/mol. The fraction of sp³-hybridized carbons (Fsp3) is 0.375. The van der Waals surface area contributed by atoms with Crippen molar-refractivity contribution in [1.29, 1.82) is 0 Å². The molecule has 0 saturated heterocycles. The highest BCUT2D eigenvalue weighted by Crippen LogP contribution is 2.25. The first-order chi connectivity index (χ1) is 19.1. The van der Waals surface area contributed by atoms with Crippen LogP contribution in [0.2, 0.25) is 0 Å². The van der Waals surface area contributed by atoms with Crippen molar-refractivity contribution in [3.05, 3.63) is 95.6 Å². The predicted octanol–water partition coefficient (Wildman–Crippen LogP) is 5.36. The molecule has 1 fully saturated rings. The molecule has 3 aromatic carbocycles. The summed E-state index contributed by atoms with van der Waals surface area (Å²) in [5.41, 5.74) is 3.27. The molecule has 0 aliphatic heterocycles. The number of rotatable bonds is 10. The molecule has 3 aromatic rings. The van der Waals surface area contributed by atoms with Gasteiger partial charge in [0, 0.05) is 12.6 Å². The lowest BCUT2D eigenvalue weighted by Crippen LogP contribution is -2.53. The number of carbonyl (C=O) groups is 2. The molecule has 1 atom stereocenters. The maximum Gasteiger partial charge on any atom is 0.264 e. The smallest absolute Gasteiger partial charge is 0.264 e. The Morgan fingerprint density at radius 3 is 2.20 bits per heavy atom. The third-order valence-corrected chi connectivity index (χ3v) is 9.27. The molecule has 0 spiro atoms. The summed E-state index contributed by atoms with van der Waals surface area (Å²) in [6, 6.07) is 22.2. The lowest BCUT2D eigenvalue weighted by molar-refractivity contribution is -0.139. The quantitative estimate of drug-likeness (QED) is 0.361. The number of hydrogen-bond donors (Lipinski definition) is 1. The molecule has 1 aliphatic rings. The van der Waals surface area contributed by atoms with Gasteiger partial charge in [0.25, 0.3) is 10.0 Å². The van der Waals surface area contributed by atoms with Gasteiger partial charge in [-0.1, -0.05) is 85.0 Å². The van der Waals surface area contributed by atoms with E-state index in [1.165, 1.54) is 23.5 Å². The van der Waals surface area contributed by atoms with Crippen LogP contribution in [0.25, 0.3) is 0 Å². The van der Waals surface area contributed by atoms with Gasteiger partial charge < -0.3 is 10.2 Å². The number of anilines is 1. The first-order valence-electron chi connectivity index (χ1n) is 13.9. The van der Waals surface area contributed by atoms with Crippen LogP contribution in [0.4, 0.5) is 5.69 Å². The Bertz CT molecular complexity index is 1400. The second-order valence-corrected chi connectivity index (χ2v) is 12.6. The Hall–Kier alpha value is -3.65. The molecule has 2 amide bonds. The molecule has 4 rings (SSSR count). The van der Waals surface area contributed by atoms with Crippen LogP contribution >= 0.6 is 0 Å². The van der Waals surface area contributed by atoms with Crippen LogP contribution in [0.1, 0.15) is 55.7 Å². The monoisotopic (exact) mass is 561 g/mol. The van der Waals surface area contributed by atoms with Crippen LogP contribution in [0.5, 0.6) is 0 Å². The minimum absolute atomic E-state index is 0.0942. The summed E-state index contributed by atoms with van der Waals surface area (Å²) < 4.78 is 28.8. The number of amides is 2. The second-order valence-electron chi connectivity index (χ2n) is 10.7. The molecule has 7 nitrogen and oxygen atoms in total. The first kappa shape index (κ1) is 29.3. The standard InChI is InChI=1S/C32H39N3O4S/c1-24-17-19-29(20-18-24)35(40(38,39)30-15-8-5-9-16-30)23-31(36)34(22-27-12-10-11-25(2)21-27)26(3)32(37)33-28-13-6-4-7-14-28/h5,8-12,15-21,26,28H,4,6-7,13-14,22-23H2,1-3H3,(H,33,37)/t26-/m1/s1. The summed E-state index contributed by atoms with van der Waals surface area (Å²) >= 11 is 0. The van der Waals surface area contributed by atoms with Gasteiger partial charge in [-0.15, -0.1) is 0 Å². The van der Waals surface area contributed by atoms with Gasteiger partial charge in [0.15, 0.2) is 0 Å². The van der Waals surface area contributed by atoms with E-state index in [0.29, 0.717) is 5.69 Å². The molecule has 1 N–H and O–H groups in total. The van der Waals surface area contributed by atoms with E-state index in [-0.39, 0.29) is 23.4 Å². The largest absolute Gasteiger partial charge is 0.352 e. The van der Waals surface area contributed by atoms with Gasteiger partial charge >= 0.3 is 0 Å². The molecule has 0 unspecified atom stereocenters. The lowest BCUT2D eigenvalue weighted by Gasteiger charge is -2.33. The Morgan fingerprint density at radius 2 is 1.55 bits per heavy atom. The highest BCUT2D eigenvalue weighted by molar-refractivity contribution is 7.92. The Labute approximate surface area is 238 Å². The maximum atomic E-state index is 14.0. The molecular weight excluding hydrogens is 522 g/mol. The number of carbonyl (C=O) groups excluding carboxylic acids is 2. The predicted molar refractivity (Wildman–Crippen MR) is 158 cm³/mol. The highest BCUT2D eigenvalue weighted by atomic mass is 32.2. The van der Waals surface area contributed by atoms with Gasteiger partial charge in [0.05, 0.1) is 10.6 Å². The van der Waals surface area contributed by atoms with Gasteiger partial charge in [0.2, 0.25) is 11.8 Å². The van der Waals surface area contributed by atoms with Gasteiger partial charge in [0.1, 0.15) is 12.6 Å². The molecule has 212 valence electrons. The maximum absolute atomic E-state index is 14.0. The number of hydrogen-bond acceptors (Lipinski definition) is 4. The van der Waals surface area contributed by atoms with Crippen molar-refractivity contribution in [2.24, 2.45) is 0 Å². The Morgan fingerprint density at radius 1 is 0.875 bits per heavy atom. The van der Waals surface area contributed by atoms with Gasteiger partial charge in [-0.3, -0.25) is 13.9 Å². The SMILES string of the molecule is Cc1ccc(N(CC(=O)N(Cc2cccc(C)c2)[C@H](C)C(=O)NC2CCCCC2)S(=O)(=O)c2ccccc2)cc1. The second kappa shape index (κ2) is 13.1. The lowest BCUT2D eigenvalue weighted by atomic mass is 9.95. The summed E-state index contributed by atoms with van der Waals surface area (Å²) in [5, 5.41) is 3.13. The van der Waals surface area contributed by atoms with Crippen LogP contribution in [-0.4, -0.2) is 43.8 Å². The van der Waals surface area contributed by atoms with Crippen molar-refractivity contribution >= 4 is 27.5 Å². The van der Waals surface area contributed by atoms with Crippen molar-refractivity contribution in [1.82, 2.24) is 10.2 Å². The molecule has 0 aromatic heterocycles. The van der Waals surface area contributed by atoms with Crippen LogP contribution in [-0.2, 0) is 26.2 Å². The average Bonchev–Trinajstić information content (AvgIpc) is 2.95. The third kappa shape index (κ3) is 7.30. The van der Waals surface area contributed by atoms with Crippen molar-refractivity contribution < 1.29 is 18.0 Å². The van der Waals surface area contributed by atoms with E-state index in [9.17, 15) is 18.0 Å². The zero-order chi connectivity index (χ0) is 28.7. The van der Waals surface area contributed by atoms with Crippen LogP contribution in [0.15, 0.2) is 83.8 Å². The Kier molecular flexibility index (Phi) is 9.63. The van der Waals surface area contributed by atoms with Crippen molar-refractivity contribution in [2.75, 3.05) is 10.8 Å². The van der Waals surface area contributed by atoms with E-state index >= 15 is 0 Å². The van der Waals surface area contributed by atoms with E-state index in [4.69, 9.17) is 0 Å². The summed E-state index contributed by atoms with van der Waals surface area (Å²) in [5.74, 6) is -0.673. The topological polar surface area (TPSA) is 86.8 Å². The molecule has 0 bridgehead atoms. The molecule has 0 heterocycles. The number of aryl methyl sites for hydroxylation is 2. The fourth-order valence-electron chi connectivity index (χ4n) is 5.12. The van der Waals surface area contributed by atoms with Gasteiger partial charge in [-0.05, 0) is 63.4 Å². The Balaban J connectivity index is 1.66. The molecule has 40 heavy (non-hydrogen) atoms. The van der Waals surface area contributed by atoms with Crippen LogP contribution < -0.4 is 9.62 Å². The zero-order valence-corrected chi connectivity index (χ0v) is 24.4. The minimum Gasteiger partial charge on any atom is -0.352 e.